The number of amides is 1. The van der Waals surface area contributed by atoms with Gasteiger partial charge >= 0.3 is 0 Å². The minimum atomic E-state index is -0.798. The van der Waals surface area contributed by atoms with Gasteiger partial charge in [-0.15, -0.1) is 0 Å². The molecule has 1 aromatic rings. The van der Waals surface area contributed by atoms with E-state index in [9.17, 15) is 24.9 Å². The molecular formula is C36H49NO7. The van der Waals surface area contributed by atoms with Crippen molar-refractivity contribution in [2.75, 3.05) is 0 Å². The summed E-state index contributed by atoms with van der Waals surface area (Å²) in [7, 11) is 0. The molecule has 3 saturated heterocycles. The normalized spacial score (nSPS) is 42.1. The van der Waals surface area contributed by atoms with Gasteiger partial charge in [0.15, 0.2) is 11.6 Å². The first kappa shape index (κ1) is 31.2. The van der Waals surface area contributed by atoms with E-state index in [1.54, 1.807) is 12.1 Å². The van der Waals surface area contributed by atoms with Crippen LogP contribution in [0.15, 0.2) is 41.3 Å². The highest BCUT2D eigenvalue weighted by Crippen LogP contribution is 2.55. The van der Waals surface area contributed by atoms with Crippen molar-refractivity contribution in [2.45, 2.75) is 104 Å². The van der Waals surface area contributed by atoms with Crippen LogP contribution in [0.25, 0.3) is 0 Å². The fourth-order valence-corrected chi connectivity index (χ4v) is 9.21. The number of carbonyl (C=O) groups excluding carboxylic acids is 2. The lowest BCUT2D eigenvalue weighted by molar-refractivity contribution is -0.348. The zero-order valence-corrected chi connectivity index (χ0v) is 26.7. The van der Waals surface area contributed by atoms with Crippen LogP contribution in [-0.4, -0.2) is 38.9 Å². The van der Waals surface area contributed by atoms with Gasteiger partial charge in [-0.1, -0.05) is 39.3 Å². The predicted molar refractivity (Wildman–Crippen MR) is 165 cm³/mol. The Kier molecular flexibility index (Phi) is 8.37. The molecule has 1 saturated carbocycles. The number of aromatic hydroxyl groups is 2. The summed E-state index contributed by atoms with van der Waals surface area (Å²) in [6.07, 6.45) is 8.05. The molecule has 8 nitrogen and oxygen atoms in total. The van der Waals surface area contributed by atoms with Crippen molar-refractivity contribution < 1.29 is 34.4 Å². The van der Waals surface area contributed by atoms with Crippen molar-refractivity contribution in [1.82, 2.24) is 5.32 Å². The van der Waals surface area contributed by atoms with Crippen molar-refractivity contribution in [1.29, 1.82) is 0 Å². The fourth-order valence-electron chi connectivity index (χ4n) is 9.21. The number of Topliss-reactive ketones (excluding diaryl/α,β-unsaturated/α-hetero) is 1. The summed E-state index contributed by atoms with van der Waals surface area (Å²) in [5, 5.41) is 34.9. The second kappa shape index (κ2) is 11.8. The molecule has 0 radical (unpaired) electrons. The lowest BCUT2D eigenvalue weighted by Crippen LogP contribution is -2.53. The third kappa shape index (κ3) is 5.57. The van der Waals surface area contributed by atoms with Crippen LogP contribution in [0.2, 0.25) is 0 Å². The molecule has 0 bridgehead atoms. The molecule has 4 fully saturated rings. The summed E-state index contributed by atoms with van der Waals surface area (Å²) < 4.78 is 13.9. The van der Waals surface area contributed by atoms with E-state index in [-0.39, 0.29) is 82.9 Å². The van der Waals surface area contributed by atoms with Crippen LogP contribution in [-0.2, 0) is 19.1 Å². The van der Waals surface area contributed by atoms with E-state index in [0.717, 1.165) is 44.1 Å². The molecule has 1 spiro atoms. The number of ether oxygens (including phenoxy) is 2. The average Bonchev–Trinajstić information content (AvgIpc) is 3.31. The number of rotatable bonds is 4. The summed E-state index contributed by atoms with van der Waals surface area (Å²) in [6, 6.07) is 4.65. The third-order valence-electron chi connectivity index (χ3n) is 11.9. The smallest absolute Gasteiger partial charge is 0.232 e. The lowest BCUT2D eigenvalue weighted by Gasteiger charge is -2.53. The molecule has 240 valence electrons. The molecule has 3 aliphatic heterocycles. The Morgan fingerprint density at radius 2 is 1.68 bits per heavy atom. The first-order valence-electron chi connectivity index (χ1n) is 16.7. The molecule has 6 rings (SSSR count). The number of phenolic OH excluding ortho intramolecular Hbond substituents is 2. The van der Waals surface area contributed by atoms with E-state index in [1.807, 2.05) is 0 Å². The van der Waals surface area contributed by atoms with Crippen LogP contribution in [0, 0.1) is 47.3 Å². The largest absolute Gasteiger partial charge is 0.510 e. The number of nitrogens with one attached hydrogen (secondary N) is 1. The molecule has 2 aliphatic carbocycles. The topological polar surface area (TPSA) is 125 Å². The highest BCUT2D eigenvalue weighted by Gasteiger charge is 2.52. The number of phenols is 2. The van der Waals surface area contributed by atoms with Gasteiger partial charge in [-0.3, -0.25) is 9.59 Å². The van der Waals surface area contributed by atoms with E-state index in [1.165, 1.54) is 11.6 Å². The van der Waals surface area contributed by atoms with Crippen molar-refractivity contribution in [3.63, 3.8) is 0 Å². The summed E-state index contributed by atoms with van der Waals surface area (Å²) in [5.74, 6) is -0.0926. The fraction of sp³-hybridized carbons (Fsp3) is 0.667. The highest BCUT2D eigenvalue weighted by molar-refractivity contribution is 6.14. The maximum Gasteiger partial charge on any atom is 0.232 e. The second-order valence-corrected chi connectivity index (χ2v) is 14.7. The monoisotopic (exact) mass is 607 g/mol. The number of hydrogen-bond donors (Lipinski definition) is 4. The Morgan fingerprint density at radius 3 is 2.36 bits per heavy atom. The molecule has 1 aromatic carbocycles. The van der Waals surface area contributed by atoms with Gasteiger partial charge in [0.05, 0.1) is 18.6 Å². The van der Waals surface area contributed by atoms with Crippen molar-refractivity contribution >= 4 is 11.7 Å². The number of carbonyl (C=O) groups is 2. The van der Waals surface area contributed by atoms with Crippen LogP contribution >= 0.6 is 0 Å². The van der Waals surface area contributed by atoms with Gasteiger partial charge in [-0.2, -0.15) is 0 Å². The van der Waals surface area contributed by atoms with Gasteiger partial charge in [0.1, 0.15) is 23.0 Å². The second-order valence-electron chi connectivity index (χ2n) is 14.7. The number of ketones is 1. The Hall–Kier alpha value is -2.84. The first-order chi connectivity index (χ1) is 20.9. The van der Waals surface area contributed by atoms with E-state index in [4.69, 9.17) is 9.47 Å². The molecule has 0 unspecified atom stereocenters. The molecule has 1 amide bonds. The number of fused-ring (bicyclic) bond motifs is 1. The molecule has 44 heavy (non-hydrogen) atoms. The van der Waals surface area contributed by atoms with E-state index < -0.39 is 5.79 Å². The molecule has 3 heterocycles. The van der Waals surface area contributed by atoms with Crippen LogP contribution in [0.4, 0.5) is 0 Å². The van der Waals surface area contributed by atoms with E-state index >= 15 is 0 Å². The number of aliphatic hydroxyl groups is 1. The van der Waals surface area contributed by atoms with Crippen LogP contribution in [0.3, 0.4) is 0 Å². The summed E-state index contributed by atoms with van der Waals surface area (Å²) in [5.41, 5.74) is 2.04. The maximum atomic E-state index is 12.8. The molecule has 11 atom stereocenters. The number of hydrogen-bond acceptors (Lipinski definition) is 7. The molecular weight excluding hydrogens is 558 g/mol. The standard InChI is InChI=1S/C36H49NO7/c1-18-6-8-23-12-20(3)28(32(31(23)22(18)5)34(42)33-29(40)17-30(41)37-33)16-27-9-7-21(4)36(43-27)11-10-19(2)35(44-36)24-13-25(38)15-26(39)14-24/h12-15,18-19,21-23,27-28,31-32,35,38-39,42H,6-11,16-17H2,1-5H3,(H,37,41)/t18-,19-,21-,22+,23+,27-,28-,31+,32+,35-,36+/m1/s1. The van der Waals surface area contributed by atoms with Gasteiger partial charge in [0.25, 0.3) is 0 Å². The molecule has 5 aliphatic rings. The van der Waals surface area contributed by atoms with Crippen molar-refractivity contribution in [3.8, 4) is 11.5 Å². The Balaban J connectivity index is 1.31. The minimum Gasteiger partial charge on any atom is -0.510 e. The zero-order valence-electron chi connectivity index (χ0n) is 26.7. The van der Waals surface area contributed by atoms with E-state index in [0.29, 0.717) is 24.2 Å². The van der Waals surface area contributed by atoms with Gasteiger partial charge < -0.3 is 30.1 Å². The highest BCUT2D eigenvalue weighted by atomic mass is 16.7. The summed E-state index contributed by atoms with van der Waals surface area (Å²) >= 11 is 0. The Labute approximate surface area is 260 Å². The van der Waals surface area contributed by atoms with Crippen molar-refractivity contribution in [2.24, 2.45) is 47.3 Å². The number of aliphatic hydroxyl groups excluding tert-OH is 1. The molecule has 8 heteroatoms. The lowest BCUT2D eigenvalue weighted by atomic mass is 9.55. The summed E-state index contributed by atoms with van der Waals surface area (Å²) in [6.45, 7) is 11.0. The maximum absolute atomic E-state index is 12.8. The molecule has 0 aromatic heterocycles. The number of allylic oxidation sites excluding steroid dienone is 4. The van der Waals surface area contributed by atoms with E-state index in [2.05, 4.69) is 46.0 Å². The van der Waals surface area contributed by atoms with Crippen LogP contribution in [0.5, 0.6) is 11.5 Å². The molecule has 4 N–H and O–H groups in total. The predicted octanol–water partition coefficient (Wildman–Crippen LogP) is 6.84. The van der Waals surface area contributed by atoms with Gasteiger partial charge in [0, 0.05) is 24.3 Å². The first-order valence-corrected chi connectivity index (χ1v) is 16.7. The van der Waals surface area contributed by atoms with Crippen LogP contribution < -0.4 is 5.32 Å². The Bertz CT molecular complexity index is 1350. The Morgan fingerprint density at radius 1 is 0.955 bits per heavy atom. The van der Waals surface area contributed by atoms with Gasteiger partial charge in [0.2, 0.25) is 5.91 Å². The zero-order chi connectivity index (χ0) is 31.5. The number of benzene rings is 1. The summed E-state index contributed by atoms with van der Waals surface area (Å²) in [4.78, 5) is 25.0. The SMILES string of the molecule is CC1=C[C@@H]2CC[C@@H](C)[C@H](C)[C@@H]2[C@@H](C(O)=C2NC(=O)CC2=O)[C@@H]1C[C@H]1CC[C@@H](C)[C@@]2(CC[C@@H](C)[C@H](c3cc(O)cc(O)c3)O2)O1. The minimum absolute atomic E-state index is 0.00642. The van der Waals surface area contributed by atoms with Gasteiger partial charge in [-0.05, 0) is 98.7 Å². The third-order valence-corrected chi connectivity index (χ3v) is 11.9. The van der Waals surface area contributed by atoms with Crippen molar-refractivity contribution in [3.05, 3.63) is 46.9 Å². The van der Waals surface area contributed by atoms with Crippen LogP contribution in [0.1, 0.15) is 97.7 Å². The van der Waals surface area contributed by atoms with Gasteiger partial charge in [-0.25, -0.2) is 0 Å². The quantitative estimate of drug-likeness (QED) is 0.128. The average molecular weight is 608 g/mol.